The second-order valence-corrected chi connectivity index (χ2v) is 5.41. The van der Waals surface area contributed by atoms with Crippen LogP contribution in [0.3, 0.4) is 0 Å². The number of nitrogens with two attached hydrogens (primary N) is 1. The summed E-state index contributed by atoms with van der Waals surface area (Å²) in [5, 5.41) is 3.02. The van der Waals surface area contributed by atoms with Crippen LogP contribution in [-0.2, 0) is 4.79 Å². The highest BCUT2D eigenvalue weighted by molar-refractivity contribution is 6.32. The van der Waals surface area contributed by atoms with E-state index >= 15 is 0 Å². The molecule has 2 aromatic carbocycles. The first kappa shape index (κ1) is 18.4. The van der Waals surface area contributed by atoms with Gasteiger partial charge in [-0.05, 0) is 42.0 Å². The van der Waals surface area contributed by atoms with Crippen LogP contribution in [0.1, 0.15) is 15.9 Å². The molecule has 3 N–H and O–H groups in total. The quantitative estimate of drug-likeness (QED) is 0.774. The molecule has 0 spiro atoms. The molecule has 0 atom stereocenters. The van der Waals surface area contributed by atoms with E-state index in [0.29, 0.717) is 33.3 Å². The molecule has 2 rings (SSSR count). The first-order chi connectivity index (χ1) is 11.9. The van der Waals surface area contributed by atoms with Crippen molar-refractivity contribution in [2.24, 2.45) is 5.73 Å². The number of ether oxygens (including phenoxy) is 2. The van der Waals surface area contributed by atoms with E-state index in [0.717, 1.165) is 0 Å². The van der Waals surface area contributed by atoms with Crippen molar-refractivity contribution in [3.8, 4) is 11.5 Å². The molecule has 0 radical (unpaired) electrons. The third-order valence-electron chi connectivity index (χ3n) is 3.30. The summed E-state index contributed by atoms with van der Waals surface area (Å²) in [6.45, 7) is 0. The molecule has 0 aliphatic carbocycles. The SMILES string of the molecule is COc1cc(/C=C/C(=O)Nc2cccc(C(N)=O)c2)cc(Cl)c1OC. The van der Waals surface area contributed by atoms with Crippen LogP contribution in [0.4, 0.5) is 5.69 Å². The van der Waals surface area contributed by atoms with Crippen molar-refractivity contribution in [1.82, 2.24) is 0 Å². The molecular formula is C18H17ClN2O4. The van der Waals surface area contributed by atoms with E-state index < -0.39 is 5.91 Å². The monoisotopic (exact) mass is 360 g/mol. The Labute approximate surface area is 150 Å². The smallest absolute Gasteiger partial charge is 0.248 e. The number of hydrogen-bond donors (Lipinski definition) is 2. The zero-order valence-electron chi connectivity index (χ0n) is 13.7. The van der Waals surface area contributed by atoms with E-state index in [9.17, 15) is 9.59 Å². The van der Waals surface area contributed by atoms with Gasteiger partial charge in [-0.15, -0.1) is 0 Å². The van der Waals surface area contributed by atoms with Gasteiger partial charge >= 0.3 is 0 Å². The Morgan fingerprint density at radius 2 is 1.92 bits per heavy atom. The van der Waals surface area contributed by atoms with Gasteiger partial charge < -0.3 is 20.5 Å². The molecule has 25 heavy (non-hydrogen) atoms. The summed E-state index contributed by atoms with van der Waals surface area (Å²) in [6, 6.07) is 9.71. The van der Waals surface area contributed by atoms with E-state index in [1.165, 1.54) is 26.4 Å². The Bertz CT molecular complexity index is 834. The van der Waals surface area contributed by atoms with E-state index in [2.05, 4.69) is 5.32 Å². The summed E-state index contributed by atoms with van der Waals surface area (Å²) in [5.41, 5.74) is 6.67. The number of anilines is 1. The second-order valence-electron chi connectivity index (χ2n) is 5.01. The molecule has 0 saturated heterocycles. The number of amides is 2. The Morgan fingerprint density at radius 3 is 2.56 bits per heavy atom. The molecule has 0 bridgehead atoms. The molecule has 0 unspecified atom stereocenters. The van der Waals surface area contributed by atoms with Gasteiger partial charge in [-0.2, -0.15) is 0 Å². The molecule has 130 valence electrons. The maximum atomic E-state index is 12.0. The highest BCUT2D eigenvalue weighted by Crippen LogP contribution is 2.36. The number of nitrogens with one attached hydrogen (secondary N) is 1. The number of hydrogen-bond acceptors (Lipinski definition) is 4. The fourth-order valence-corrected chi connectivity index (χ4v) is 2.44. The summed E-state index contributed by atoms with van der Waals surface area (Å²) in [4.78, 5) is 23.2. The minimum atomic E-state index is -0.563. The lowest BCUT2D eigenvalue weighted by Crippen LogP contribution is -2.12. The normalized spacial score (nSPS) is 10.5. The molecule has 0 aliphatic heterocycles. The van der Waals surface area contributed by atoms with E-state index in [4.69, 9.17) is 26.8 Å². The standard InChI is InChI=1S/C18H17ClN2O4/c1-24-15-9-11(8-14(19)17(15)25-2)6-7-16(22)21-13-5-3-4-12(10-13)18(20)23/h3-10H,1-2H3,(H2,20,23)(H,21,22)/b7-6+. The van der Waals surface area contributed by atoms with Crippen molar-refractivity contribution in [2.45, 2.75) is 0 Å². The van der Waals surface area contributed by atoms with Crippen LogP contribution in [0.15, 0.2) is 42.5 Å². The number of carbonyl (C=O) groups excluding carboxylic acids is 2. The van der Waals surface area contributed by atoms with Gasteiger partial charge in [0.15, 0.2) is 11.5 Å². The van der Waals surface area contributed by atoms with Crippen LogP contribution in [0.25, 0.3) is 6.08 Å². The Hall–Kier alpha value is -2.99. The number of primary amides is 1. The van der Waals surface area contributed by atoms with E-state index in [1.54, 1.807) is 36.4 Å². The summed E-state index contributed by atoms with van der Waals surface area (Å²) in [5.74, 6) is -0.0441. The van der Waals surface area contributed by atoms with Crippen LogP contribution >= 0.6 is 11.6 Å². The maximum Gasteiger partial charge on any atom is 0.248 e. The van der Waals surface area contributed by atoms with Gasteiger partial charge in [0, 0.05) is 17.3 Å². The van der Waals surface area contributed by atoms with Crippen molar-refractivity contribution in [2.75, 3.05) is 19.5 Å². The molecular weight excluding hydrogens is 344 g/mol. The Kier molecular flexibility index (Phi) is 6.03. The third kappa shape index (κ3) is 4.74. The Morgan fingerprint density at radius 1 is 1.16 bits per heavy atom. The third-order valence-corrected chi connectivity index (χ3v) is 3.58. The zero-order chi connectivity index (χ0) is 18.4. The summed E-state index contributed by atoms with van der Waals surface area (Å²) < 4.78 is 10.4. The minimum Gasteiger partial charge on any atom is -0.493 e. The number of methoxy groups -OCH3 is 2. The number of carbonyl (C=O) groups is 2. The predicted molar refractivity (Wildman–Crippen MR) is 97.2 cm³/mol. The number of rotatable bonds is 6. The van der Waals surface area contributed by atoms with Crippen LogP contribution < -0.4 is 20.5 Å². The molecule has 6 nitrogen and oxygen atoms in total. The molecule has 2 amide bonds. The lowest BCUT2D eigenvalue weighted by Gasteiger charge is -2.10. The predicted octanol–water partition coefficient (Wildman–Crippen LogP) is 3.11. The van der Waals surface area contributed by atoms with E-state index in [1.807, 2.05) is 0 Å². The summed E-state index contributed by atoms with van der Waals surface area (Å²) in [7, 11) is 2.99. The van der Waals surface area contributed by atoms with Gasteiger partial charge in [-0.25, -0.2) is 0 Å². The van der Waals surface area contributed by atoms with E-state index in [-0.39, 0.29) is 5.91 Å². The Balaban J connectivity index is 2.14. The van der Waals surface area contributed by atoms with Gasteiger partial charge in [-0.1, -0.05) is 17.7 Å². The molecule has 0 aliphatic rings. The van der Waals surface area contributed by atoms with Crippen molar-refractivity contribution >= 4 is 35.2 Å². The highest BCUT2D eigenvalue weighted by atomic mass is 35.5. The first-order valence-corrected chi connectivity index (χ1v) is 7.63. The van der Waals surface area contributed by atoms with Gasteiger partial charge in [0.1, 0.15) is 0 Å². The molecule has 0 aromatic heterocycles. The summed E-state index contributed by atoms with van der Waals surface area (Å²) in [6.07, 6.45) is 2.93. The molecule has 2 aromatic rings. The molecule has 0 fully saturated rings. The number of benzene rings is 2. The number of halogens is 1. The lowest BCUT2D eigenvalue weighted by molar-refractivity contribution is -0.111. The van der Waals surface area contributed by atoms with Crippen molar-refractivity contribution in [1.29, 1.82) is 0 Å². The van der Waals surface area contributed by atoms with Crippen LogP contribution in [0, 0.1) is 0 Å². The van der Waals surface area contributed by atoms with Crippen molar-refractivity contribution in [3.63, 3.8) is 0 Å². The van der Waals surface area contributed by atoms with Gasteiger partial charge in [0.05, 0.1) is 19.2 Å². The van der Waals surface area contributed by atoms with Gasteiger partial charge in [0.2, 0.25) is 11.8 Å². The maximum absolute atomic E-state index is 12.0. The molecule has 0 heterocycles. The lowest BCUT2D eigenvalue weighted by atomic mass is 10.1. The highest BCUT2D eigenvalue weighted by Gasteiger charge is 2.10. The van der Waals surface area contributed by atoms with Crippen LogP contribution in [0.5, 0.6) is 11.5 Å². The van der Waals surface area contributed by atoms with Crippen LogP contribution in [-0.4, -0.2) is 26.0 Å². The molecule has 7 heteroatoms. The average Bonchev–Trinajstić information content (AvgIpc) is 2.59. The average molecular weight is 361 g/mol. The first-order valence-electron chi connectivity index (χ1n) is 7.25. The minimum absolute atomic E-state index is 0.313. The summed E-state index contributed by atoms with van der Waals surface area (Å²) >= 11 is 6.12. The van der Waals surface area contributed by atoms with Crippen molar-refractivity contribution in [3.05, 3.63) is 58.6 Å². The molecule has 0 saturated carbocycles. The van der Waals surface area contributed by atoms with Gasteiger partial charge in [0.25, 0.3) is 0 Å². The fourth-order valence-electron chi connectivity index (χ4n) is 2.14. The van der Waals surface area contributed by atoms with Crippen molar-refractivity contribution < 1.29 is 19.1 Å². The largest absolute Gasteiger partial charge is 0.493 e. The fraction of sp³-hybridized carbons (Fsp3) is 0.111. The van der Waals surface area contributed by atoms with Gasteiger partial charge in [-0.3, -0.25) is 9.59 Å². The van der Waals surface area contributed by atoms with Crippen LogP contribution in [0.2, 0.25) is 5.02 Å². The zero-order valence-corrected chi connectivity index (χ0v) is 14.5. The topological polar surface area (TPSA) is 90.6 Å². The second kappa shape index (κ2) is 8.21.